The largest absolute Gasteiger partial charge is 0.382 e. The molecule has 0 aliphatic carbocycles. The molecule has 0 radical (unpaired) electrons. The van der Waals surface area contributed by atoms with Crippen molar-refractivity contribution in [2.24, 2.45) is 5.73 Å². The summed E-state index contributed by atoms with van der Waals surface area (Å²) < 4.78 is 5.56. The maximum absolute atomic E-state index is 7.26. The van der Waals surface area contributed by atoms with Crippen LogP contribution in [0.15, 0.2) is 12.4 Å². The molecular weight excluding hydrogens is 218 g/mol. The second kappa shape index (κ2) is 4.67. The van der Waals surface area contributed by atoms with E-state index in [9.17, 15) is 0 Å². The van der Waals surface area contributed by atoms with E-state index in [1.165, 1.54) is 6.20 Å². The minimum Gasteiger partial charge on any atom is -0.382 e. The molecule has 1 aliphatic heterocycles. The zero-order valence-electron chi connectivity index (χ0n) is 10.1. The summed E-state index contributed by atoms with van der Waals surface area (Å²) in [4.78, 5) is 10.6. The number of hydrogen-bond donors (Lipinski definition) is 2. The summed E-state index contributed by atoms with van der Waals surface area (Å²) in [5.41, 5.74) is 5.74. The summed E-state index contributed by atoms with van der Waals surface area (Å²) in [6, 6.07) is 0.281. The highest BCUT2D eigenvalue weighted by atomic mass is 16.5. The van der Waals surface area contributed by atoms with Gasteiger partial charge in [0, 0.05) is 6.54 Å². The predicted octanol–water partition coefficient (Wildman–Crippen LogP) is 0.374. The fourth-order valence-corrected chi connectivity index (χ4v) is 1.83. The Balaban J connectivity index is 2.18. The summed E-state index contributed by atoms with van der Waals surface area (Å²) in [6.07, 6.45) is 3.39. The molecule has 2 unspecified atom stereocenters. The Morgan fingerprint density at radius 1 is 1.47 bits per heavy atom. The zero-order chi connectivity index (χ0) is 12.4. The highest BCUT2D eigenvalue weighted by molar-refractivity contribution is 5.92. The van der Waals surface area contributed by atoms with E-state index in [2.05, 4.69) is 21.8 Å². The zero-order valence-corrected chi connectivity index (χ0v) is 10.1. The molecule has 2 rings (SSSR count). The molecule has 0 aromatic carbocycles. The Morgan fingerprint density at radius 3 is 2.82 bits per heavy atom. The molecule has 0 bridgehead atoms. The fraction of sp³-hybridized carbons (Fsp3) is 0.545. The van der Waals surface area contributed by atoms with Crippen LogP contribution in [0, 0.1) is 5.41 Å². The molecule has 92 valence electrons. The Morgan fingerprint density at radius 2 is 2.24 bits per heavy atom. The van der Waals surface area contributed by atoms with E-state index in [0.717, 1.165) is 12.4 Å². The van der Waals surface area contributed by atoms with E-state index in [4.69, 9.17) is 15.9 Å². The van der Waals surface area contributed by atoms with Crippen molar-refractivity contribution in [1.29, 1.82) is 5.41 Å². The Labute approximate surface area is 100 Å². The number of nitrogens with two attached hydrogens (primary N) is 1. The average Bonchev–Trinajstić information content (AvgIpc) is 2.32. The third-order valence-corrected chi connectivity index (χ3v) is 2.82. The van der Waals surface area contributed by atoms with Gasteiger partial charge in [-0.3, -0.25) is 5.41 Å². The van der Waals surface area contributed by atoms with Gasteiger partial charge in [-0.05, 0) is 13.8 Å². The van der Waals surface area contributed by atoms with Crippen molar-refractivity contribution < 1.29 is 4.74 Å². The first-order valence-corrected chi connectivity index (χ1v) is 5.62. The number of nitrogen functional groups attached to an aromatic ring is 1. The first kappa shape index (κ1) is 11.8. The van der Waals surface area contributed by atoms with Crippen molar-refractivity contribution in [1.82, 2.24) is 9.97 Å². The van der Waals surface area contributed by atoms with Crippen LogP contribution in [-0.2, 0) is 4.74 Å². The van der Waals surface area contributed by atoms with E-state index in [1.807, 2.05) is 6.92 Å². The second-order valence-electron chi connectivity index (χ2n) is 4.32. The molecule has 1 aromatic heterocycles. The summed E-state index contributed by atoms with van der Waals surface area (Å²) >= 11 is 0. The number of anilines is 1. The van der Waals surface area contributed by atoms with E-state index in [-0.39, 0.29) is 18.0 Å². The quantitative estimate of drug-likeness (QED) is 0.571. The third-order valence-electron chi connectivity index (χ3n) is 2.82. The monoisotopic (exact) mass is 235 g/mol. The number of hydrogen-bond acceptors (Lipinski definition) is 5. The molecule has 6 nitrogen and oxygen atoms in total. The fourth-order valence-electron chi connectivity index (χ4n) is 1.83. The summed E-state index contributed by atoms with van der Waals surface area (Å²) in [5.74, 6) is 0.741. The minimum absolute atomic E-state index is 0.0626. The van der Waals surface area contributed by atoms with Gasteiger partial charge in [-0.25, -0.2) is 9.97 Å². The molecule has 1 aliphatic rings. The lowest BCUT2D eigenvalue weighted by Crippen LogP contribution is -2.47. The molecule has 1 aromatic rings. The van der Waals surface area contributed by atoms with Crippen LogP contribution in [0.5, 0.6) is 0 Å². The van der Waals surface area contributed by atoms with Crippen LogP contribution < -0.4 is 10.6 Å². The van der Waals surface area contributed by atoms with Crippen molar-refractivity contribution in [3.05, 3.63) is 18.1 Å². The molecule has 3 N–H and O–H groups in total. The van der Waals surface area contributed by atoms with Crippen LogP contribution >= 0.6 is 0 Å². The molecule has 2 atom stereocenters. The van der Waals surface area contributed by atoms with Gasteiger partial charge in [0.2, 0.25) is 0 Å². The van der Waals surface area contributed by atoms with Crippen LogP contribution in [0.25, 0.3) is 0 Å². The van der Waals surface area contributed by atoms with E-state index in [1.54, 1.807) is 6.20 Å². The number of rotatable bonds is 2. The van der Waals surface area contributed by atoms with Gasteiger partial charge < -0.3 is 15.4 Å². The Bertz CT molecular complexity index is 405. The maximum Gasteiger partial charge on any atom is 0.147 e. The Hall–Kier alpha value is -1.69. The summed E-state index contributed by atoms with van der Waals surface area (Å²) in [5, 5.41) is 7.26. The lowest BCUT2D eigenvalue weighted by molar-refractivity contribution is 0.0340. The van der Waals surface area contributed by atoms with Crippen LogP contribution in [0.1, 0.15) is 19.5 Å². The maximum atomic E-state index is 7.26. The van der Waals surface area contributed by atoms with Gasteiger partial charge in [0.15, 0.2) is 0 Å². The molecule has 6 heteroatoms. The normalized spacial score (nSPS) is 24.7. The molecule has 2 heterocycles. The number of amidine groups is 1. The lowest BCUT2D eigenvalue weighted by Gasteiger charge is -2.37. The van der Waals surface area contributed by atoms with Crippen LogP contribution in [0.4, 0.5) is 5.82 Å². The number of nitrogens with zero attached hydrogens (tertiary/aromatic N) is 3. The van der Waals surface area contributed by atoms with Gasteiger partial charge >= 0.3 is 0 Å². The van der Waals surface area contributed by atoms with Crippen molar-refractivity contribution >= 4 is 11.7 Å². The van der Waals surface area contributed by atoms with Crippen LogP contribution in [0.2, 0.25) is 0 Å². The SMILES string of the molecule is CC1CN(c2cnc(C(=N)N)cn2)C(C)CO1. The standard InChI is InChI=1S/C11H17N5O/c1-7-6-17-8(2)5-16(7)10-4-14-9(3-15-10)11(12)13/h3-4,7-8H,5-6H2,1-2H3,(H3,12,13). The lowest BCUT2D eigenvalue weighted by atomic mass is 10.2. The molecule has 0 amide bonds. The van der Waals surface area contributed by atoms with Gasteiger partial charge in [0.25, 0.3) is 0 Å². The topological polar surface area (TPSA) is 88.1 Å². The highest BCUT2D eigenvalue weighted by Crippen LogP contribution is 2.18. The summed E-state index contributed by atoms with van der Waals surface area (Å²) in [7, 11) is 0. The van der Waals surface area contributed by atoms with Crippen LogP contribution in [0.3, 0.4) is 0 Å². The number of morpholine rings is 1. The molecule has 17 heavy (non-hydrogen) atoms. The van der Waals surface area contributed by atoms with Crippen LogP contribution in [-0.4, -0.2) is 41.1 Å². The highest BCUT2D eigenvalue weighted by Gasteiger charge is 2.24. The number of ether oxygens (including phenoxy) is 1. The average molecular weight is 235 g/mol. The first-order chi connectivity index (χ1) is 8.08. The molecular formula is C11H17N5O. The van der Waals surface area contributed by atoms with Crippen molar-refractivity contribution in [2.75, 3.05) is 18.1 Å². The van der Waals surface area contributed by atoms with Crippen molar-refractivity contribution in [2.45, 2.75) is 26.0 Å². The van der Waals surface area contributed by atoms with Gasteiger partial charge in [-0.15, -0.1) is 0 Å². The minimum atomic E-state index is -0.0626. The van der Waals surface area contributed by atoms with E-state index in [0.29, 0.717) is 12.3 Å². The molecule has 1 saturated heterocycles. The van der Waals surface area contributed by atoms with E-state index < -0.39 is 0 Å². The van der Waals surface area contributed by atoms with Gasteiger partial charge in [0.05, 0.1) is 31.1 Å². The first-order valence-electron chi connectivity index (χ1n) is 5.62. The Kier molecular flexibility index (Phi) is 3.23. The molecule has 0 spiro atoms. The molecule has 0 saturated carbocycles. The smallest absolute Gasteiger partial charge is 0.147 e. The second-order valence-corrected chi connectivity index (χ2v) is 4.32. The number of nitrogens with one attached hydrogen (secondary N) is 1. The third kappa shape index (κ3) is 2.52. The van der Waals surface area contributed by atoms with Gasteiger partial charge in [-0.2, -0.15) is 0 Å². The van der Waals surface area contributed by atoms with Gasteiger partial charge in [-0.1, -0.05) is 0 Å². The van der Waals surface area contributed by atoms with Gasteiger partial charge in [0.1, 0.15) is 17.3 Å². The molecule has 1 fully saturated rings. The summed E-state index contributed by atoms with van der Waals surface area (Å²) in [6.45, 7) is 5.62. The van der Waals surface area contributed by atoms with E-state index >= 15 is 0 Å². The van der Waals surface area contributed by atoms with Crippen molar-refractivity contribution in [3.63, 3.8) is 0 Å². The predicted molar refractivity (Wildman–Crippen MR) is 65.3 cm³/mol. The van der Waals surface area contributed by atoms with Crippen molar-refractivity contribution in [3.8, 4) is 0 Å². The number of aromatic nitrogens is 2.